The molecular formula is C23H42. The lowest BCUT2D eigenvalue weighted by molar-refractivity contribution is -0.0654. The molecule has 0 atom stereocenters. The van der Waals surface area contributed by atoms with Gasteiger partial charge >= 0.3 is 0 Å². The Morgan fingerprint density at radius 3 is 1.87 bits per heavy atom. The lowest BCUT2D eigenvalue weighted by Gasteiger charge is -2.58. The highest BCUT2D eigenvalue weighted by molar-refractivity contribution is 5.02. The quantitative estimate of drug-likeness (QED) is 0.399. The van der Waals surface area contributed by atoms with Gasteiger partial charge in [-0.2, -0.15) is 0 Å². The van der Waals surface area contributed by atoms with Gasteiger partial charge in [0.25, 0.3) is 0 Å². The highest BCUT2D eigenvalue weighted by Gasteiger charge is 2.51. The van der Waals surface area contributed by atoms with Gasteiger partial charge in [0.1, 0.15) is 0 Å². The summed E-state index contributed by atoms with van der Waals surface area (Å²) in [4.78, 5) is 0. The summed E-state index contributed by atoms with van der Waals surface area (Å²) >= 11 is 0. The molecule has 0 unspecified atom stereocenters. The van der Waals surface area contributed by atoms with Gasteiger partial charge in [0, 0.05) is 0 Å². The fourth-order valence-corrected chi connectivity index (χ4v) is 6.59. The van der Waals surface area contributed by atoms with Crippen LogP contribution in [0.3, 0.4) is 0 Å². The van der Waals surface area contributed by atoms with Crippen molar-refractivity contribution in [3.63, 3.8) is 0 Å². The van der Waals surface area contributed by atoms with Gasteiger partial charge < -0.3 is 0 Å². The predicted octanol–water partition coefficient (Wildman–Crippen LogP) is 7.90. The van der Waals surface area contributed by atoms with Crippen molar-refractivity contribution >= 4 is 0 Å². The van der Waals surface area contributed by atoms with Gasteiger partial charge in [0.2, 0.25) is 0 Å². The Bertz CT molecular complexity index is 323. The average molecular weight is 319 g/mol. The van der Waals surface area contributed by atoms with Crippen LogP contribution in [0.25, 0.3) is 0 Å². The van der Waals surface area contributed by atoms with Crippen LogP contribution < -0.4 is 0 Å². The van der Waals surface area contributed by atoms with Gasteiger partial charge in [-0.25, -0.2) is 0 Å². The molecule has 0 radical (unpaired) electrons. The second-order valence-corrected chi connectivity index (χ2v) is 9.68. The molecular weight excluding hydrogens is 276 g/mol. The minimum atomic E-state index is 0.801. The Balaban J connectivity index is 1.48. The molecule has 0 heteroatoms. The third-order valence-electron chi connectivity index (χ3n) is 8.45. The van der Waals surface area contributed by atoms with Crippen LogP contribution in [0.2, 0.25) is 0 Å². The minimum Gasteiger partial charge on any atom is -0.0654 e. The van der Waals surface area contributed by atoms with Crippen LogP contribution in [0, 0.1) is 22.7 Å². The Morgan fingerprint density at radius 2 is 1.30 bits per heavy atom. The maximum absolute atomic E-state index is 2.35. The molecule has 23 heavy (non-hydrogen) atoms. The van der Waals surface area contributed by atoms with E-state index < -0.39 is 0 Å². The second-order valence-electron chi connectivity index (χ2n) is 9.68. The normalized spacial score (nSPS) is 40.4. The summed E-state index contributed by atoms with van der Waals surface area (Å²) in [6.07, 6.45) is 26.2. The van der Waals surface area contributed by atoms with Crippen molar-refractivity contribution in [3.8, 4) is 0 Å². The summed E-state index contributed by atoms with van der Waals surface area (Å²) in [7, 11) is 0. The van der Waals surface area contributed by atoms with Crippen molar-refractivity contribution < 1.29 is 0 Å². The summed E-state index contributed by atoms with van der Waals surface area (Å²) < 4.78 is 0. The maximum atomic E-state index is 2.35. The summed E-state index contributed by atoms with van der Waals surface area (Å²) in [6.45, 7) is 4.70. The van der Waals surface area contributed by atoms with Crippen LogP contribution in [0.5, 0.6) is 0 Å². The number of rotatable bonds is 8. The van der Waals surface area contributed by atoms with Gasteiger partial charge in [-0.15, -0.1) is 0 Å². The van der Waals surface area contributed by atoms with E-state index >= 15 is 0 Å². The minimum absolute atomic E-state index is 0.801. The van der Waals surface area contributed by atoms with E-state index in [1.165, 1.54) is 38.5 Å². The van der Waals surface area contributed by atoms with Gasteiger partial charge in [0.15, 0.2) is 0 Å². The van der Waals surface area contributed by atoms with E-state index in [4.69, 9.17) is 0 Å². The first-order valence-corrected chi connectivity index (χ1v) is 11.2. The molecule has 0 spiro atoms. The smallest absolute Gasteiger partial charge is 0.0269 e. The summed E-state index contributed by atoms with van der Waals surface area (Å²) in [5.74, 6) is 2.19. The molecule has 4 fully saturated rings. The van der Waals surface area contributed by atoms with Crippen molar-refractivity contribution in [2.75, 3.05) is 0 Å². The highest BCUT2D eigenvalue weighted by Crippen LogP contribution is 2.63. The molecule has 2 bridgehead atoms. The van der Waals surface area contributed by atoms with Gasteiger partial charge in [-0.3, -0.25) is 0 Å². The molecule has 4 rings (SSSR count). The molecule has 4 aliphatic carbocycles. The van der Waals surface area contributed by atoms with Crippen molar-refractivity contribution in [2.24, 2.45) is 22.7 Å². The fraction of sp³-hybridized carbons (Fsp3) is 1.00. The van der Waals surface area contributed by atoms with Crippen molar-refractivity contribution in [1.29, 1.82) is 0 Å². The van der Waals surface area contributed by atoms with Crippen molar-refractivity contribution in [2.45, 2.75) is 123 Å². The zero-order chi connectivity index (χ0) is 16.2. The lowest BCUT2D eigenvalue weighted by Crippen LogP contribution is -2.46. The summed E-state index contributed by atoms with van der Waals surface area (Å²) in [6, 6.07) is 0. The predicted molar refractivity (Wildman–Crippen MR) is 102 cm³/mol. The molecule has 4 saturated carbocycles. The van der Waals surface area contributed by atoms with Crippen LogP contribution in [-0.2, 0) is 0 Å². The zero-order valence-corrected chi connectivity index (χ0v) is 16.2. The Labute approximate surface area is 146 Å². The molecule has 4 aliphatic rings. The SMILES string of the molecule is CCCCCC12CCC(C3CCC(CCCC)CC3)(CC1)CC2. The Kier molecular flexibility index (Phi) is 6.13. The average Bonchev–Trinajstić information content (AvgIpc) is 2.62. The molecule has 0 heterocycles. The summed E-state index contributed by atoms with van der Waals surface area (Å²) in [5.41, 5.74) is 1.61. The molecule has 0 nitrogen and oxygen atoms in total. The van der Waals surface area contributed by atoms with Gasteiger partial charge in [-0.1, -0.05) is 65.2 Å². The second kappa shape index (κ2) is 7.92. The zero-order valence-electron chi connectivity index (χ0n) is 16.2. The van der Waals surface area contributed by atoms with Crippen molar-refractivity contribution in [1.82, 2.24) is 0 Å². The van der Waals surface area contributed by atoms with Crippen LogP contribution in [0.1, 0.15) is 123 Å². The van der Waals surface area contributed by atoms with Crippen LogP contribution in [0.15, 0.2) is 0 Å². The molecule has 0 aliphatic heterocycles. The molecule has 0 aromatic heterocycles. The lowest BCUT2D eigenvalue weighted by atomic mass is 9.47. The van der Waals surface area contributed by atoms with Crippen LogP contribution >= 0.6 is 0 Å². The van der Waals surface area contributed by atoms with E-state index in [0.29, 0.717) is 0 Å². The number of fused-ring (bicyclic) bond motifs is 3. The Hall–Kier alpha value is 0. The molecule has 0 aromatic carbocycles. The first-order chi connectivity index (χ1) is 11.2. The highest BCUT2D eigenvalue weighted by atomic mass is 14.6. The number of unbranched alkanes of at least 4 members (excludes halogenated alkanes) is 3. The monoisotopic (exact) mass is 318 g/mol. The molecule has 134 valence electrons. The molecule has 0 saturated heterocycles. The number of hydrogen-bond acceptors (Lipinski definition) is 0. The van der Waals surface area contributed by atoms with E-state index in [9.17, 15) is 0 Å². The van der Waals surface area contributed by atoms with Crippen LogP contribution in [0.4, 0.5) is 0 Å². The molecule has 0 amide bonds. The fourth-order valence-electron chi connectivity index (χ4n) is 6.59. The molecule has 0 N–H and O–H groups in total. The standard InChI is InChI=1S/C23H42/c1-3-5-7-13-22-14-17-23(18-15-22,19-16-22)21-11-9-20(10-12-21)8-6-4-2/h20-21H,3-19H2,1-2H3. The third-order valence-corrected chi connectivity index (χ3v) is 8.45. The largest absolute Gasteiger partial charge is 0.0654 e. The topological polar surface area (TPSA) is 0 Å². The van der Waals surface area contributed by atoms with Crippen LogP contribution in [-0.4, -0.2) is 0 Å². The maximum Gasteiger partial charge on any atom is -0.0269 e. The summed E-state index contributed by atoms with van der Waals surface area (Å²) in [5, 5.41) is 0. The number of hydrogen-bond donors (Lipinski definition) is 0. The van der Waals surface area contributed by atoms with E-state index in [0.717, 1.165) is 22.7 Å². The van der Waals surface area contributed by atoms with Crippen molar-refractivity contribution in [3.05, 3.63) is 0 Å². The van der Waals surface area contributed by atoms with Gasteiger partial charge in [0.05, 0.1) is 0 Å². The van der Waals surface area contributed by atoms with Gasteiger partial charge in [-0.05, 0) is 80.5 Å². The van der Waals surface area contributed by atoms with E-state index in [-0.39, 0.29) is 0 Å². The first kappa shape index (κ1) is 17.8. The van der Waals surface area contributed by atoms with E-state index in [1.807, 2.05) is 0 Å². The van der Waals surface area contributed by atoms with E-state index in [2.05, 4.69) is 13.8 Å². The Morgan fingerprint density at radius 1 is 0.696 bits per heavy atom. The molecule has 0 aromatic rings. The van der Waals surface area contributed by atoms with E-state index in [1.54, 1.807) is 70.6 Å². The first-order valence-electron chi connectivity index (χ1n) is 11.2. The third kappa shape index (κ3) is 3.98.